The lowest BCUT2D eigenvalue weighted by Gasteiger charge is -2.37. The Kier molecular flexibility index (Phi) is 7.60. The maximum Gasteiger partial charge on any atom is 0.310 e. The summed E-state index contributed by atoms with van der Waals surface area (Å²) in [4.78, 5) is 18.2. The van der Waals surface area contributed by atoms with Crippen LogP contribution >= 0.6 is 0 Å². The van der Waals surface area contributed by atoms with Crippen LogP contribution < -0.4 is 5.48 Å². The van der Waals surface area contributed by atoms with Crippen LogP contribution in [0.15, 0.2) is 60.7 Å². The van der Waals surface area contributed by atoms with Gasteiger partial charge in [0.25, 0.3) is 0 Å². The Balaban J connectivity index is 1.65. The normalized spacial score (nSPS) is 22.2. The fourth-order valence-corrected chi connectivity index (χ4v) is 3.41. The molecule has 1 N–H and O–H groups in total. The zero-order valence-corrected chi connectivity index (χ0v) is 16.5. The molecule has 0 bridgehead atoms. The second kappa shape index (κ2) is 10.4. The zero-order valence-electron chi connectivity index (χ0n) is 16.5. The Labute approximate surface area is 167 Å². The van der Waals surface area contributed by atoms with E-state index in [4.69, 9.17) is 14.3 Å². The largest absolute Gasteiger partial charge is 0.463 e. The molecule has 0 aromatic heterocycles. The van der Waals surface area contributed by atoms with Gasteiger partial charge in [-0.1, -0.05) is 74.5 Å². The molecule has 1 aliphatic heterocycles. The lowest BCUT2D eigenvalue weighted by molar-refractivity contribution is -0.178. The highest BCUT2D eigenvalue weighted by Gasteiger charge is 2.41. The van der Waals surface area contributed by atoms with Crippen LogP contribution in [0.3, 0.4) is 0 Å². The molecule has 2 aromatic rings. The molecular weight excluding hydrogens is 354 g/mol. The van der Waals surface area contributed by atoms with Crippen LogP contribution in [0.4, 0.5) is 0 Å². The highest BCUT2D eigenvalue weighted by Crippen LogP contribution is 2.26. The van der Waals surface area contributed by atoms with Crippen molar-refractivity contribution in [2.75, 3.05) is 6.61 Å². The minimum atomic E-state index is -0.301. The Hall–Kier alpha value is -2.21. The van der Waals surface area contributed by atoms with Crippen LogP contribution in [0.2, 0.25) is 0 Å². The van der Waals surface area contributed by atoms with Crippen molar-refractivity contribution in [2.24, 2.45) is 11.8 Å². The number of ether oxygens (including phenoxy) is 2. The van der Waals surface area contributed by atoms with Crippen molar-refractivity contribution in [3.05, 3.63) is 71.8 Å². The summed E-state index contributed by atoms with van der Waals surface area (Å²) < 4.78 is 11.6. The van der Waals surface area contributed by atoms with Gasteiger partial charge < -0.3 is 9.47 Å². The van der Waals surface area contributed by atoms with E-state index in [1.165, 1.54) is 0 Å². The number of hydrogen-bond acceptors (Lipinski definition) is 5. The molecule has 5 heteroatoms. The van der Waals surface area contributed by atoms with Gasteiger partial charge in [-0.15, -0.1) is 0 Å². The van der Waals surface area contributed by atoms with Crippen molar-refractivity contribution < 1.29 is 19.1 Å². The molecule has 3 atom stereocenters. The average Bonchev–Trinajstić information content (AvgIpc) is 2.71. The molecule has 2 aromatic carbocycles. The molecule has 0 amide bonds. The van der Waals surface area contributed by atoms with E-state index < -0.39 is 0 Å². The SMILES string of the molecule is CC(C)C[C@H]1C(=O)OC[C@@H](OCc2ccccc2)[C@@H]1NOCc1ccccc1. The van der Waals surface area contributed by atoms with Gasteiger partial charge in [0.15, 0.2) is 0 Å². The van der Waals surface area contributed by atoms with Crippen LogP contribution in [0.1, 0.15) is 31.4 Å². The Bertz CT molecular complexity index is 720. The maximum atomic E-state index is 12.4. The van der Waals surface area contributed by atoms with Gasteiger partial charge in [-0.3, -0.25) is 9.63 Å². The topological polar surface area (TPSA) is 56.8 Å². The summed E-state index contributed by atoms with van der Waals surface area (Å²) in [7, 11) is 0. The zero-order chi connectivity index (χ0) is 19.8. The summed E-state index contributed by atoms with van der Waals surface area (Å²) in [6.45, 7) is 5.32. The molecule has 150 valence electrons. The van der Waals surface area contributed by atoms with E-state index in [0.717, 1.165) is 17.5 Å². The molecule has 0 aliphatic carbocycles. The van der Waals surface area contributed by atoms with Crippen LogP contribution in [-0.2, 0) is 32.3 Å². The van der Waals surface area contributed by atoms with Gasteiger partial charge in [-0.25, -0.2) is 0 Å². The molecular formula is C23H29NO4. The molecule has 0 radical (unpaired) electrons. The van der Waals surface area contributed by atoms with Gasteiger partial charge in [0, 0.05) is 0 Å². The molecule has 5 nitrogen and oxygen atoms in total. The second-order valence-corrected chi connectivity index (χ2v) is 7.62. The van der Waals surface area contributed by atoms with E-state index in [-0.39, 0.29) is 30.6 Å². The van der Waals surface area contributed by atoms with Crippen molar-refractivity contribution in [1.82, 2.24) is 5.48 Å². The van der Waals surface area contributed by atoms with E-state index in [1.54, 1.807) is 0 Å². The number of hydroxylamine groups is 1. The molecule has 3 rings (SSSR count). The summed E-state index contributed by atoms with van der Waals surface area (Å²) >= 11 is 0. The van der Waals surface area contributed by atoms with Crippen molar-refractivity contribution in [1.29, 1.82) is 0 Å². The van der Waals surface area contributed by atoms with Crippen LogP contribution in [-0.4, -0.2) is 24.7 Å². The van der Waals surface area contributed by atoms with E-state index in [0.29, 0.717) is 19.1 Å². The first-order valence-electron chi connectivity index (χ1n) is 9.87. The second-order valence-electron chi connectivity index (χ2n) is 7.62. The molecule has 0 unspecified atom stereocenters. The summed E-state index contributed by atoms with van der Waals surface area (Å²) in [5.74, 6) is -0.122. The quantitative estimate of drug-likeness (QED) is 0.526. The number of benzene rings is 2. The molecule has 0 saturated carbocycles. The molecule has 1 fully saturated rings. The third-order valence-electron chi connectivity index (χ3n) is 4.86. The van der Waals surface area contributed by atoms with Gasteiger partial charge in [0.05, 0.1) is 25.2 Å². The summed E-state index contributed by atoms with van der Waals surface area (Å²) in [6, 6.07) is 19.7. The predicted octanol–water partition coefficient (Wildman–Crippen LogP) is 3.88. The molecule has 1 heterocycles. The van der Waals surface area contributed by atoms with Crippen molar-refractivity contribution >= 4 is 5.97 Å². The molecule has 0 spiro atoms. The predicted molar refractivity (Wildman–Crippen MR) is 107 cm³/mol. The number of nitrogens with one attached hydrogen (secondary N) is 1. The lowest BCUT2D eigenvalue weighted by atomic mass is 9.86. The minimum absolute atomic E-state index is 0.186. The Morgan fingerprint density at radius 2 is 1.61 bits per heavy atom. The molecule has 28 heavy (non-hydrogen) atoms. The maximum absolute atomic E-state index is 12.4. The van der Waals surface area contributed by atoms with E-state index in [9.17, 15) is 4.79 Å². The smallest absolute Gasteiger partial charge is 0.310 e. The number of cyclic esters (lactones) is 1. The van der Waals surface area contributed by atoms with Crippen LogP contribution in [0.25, 0.3) is 0 Å². The molecule has 1 saturated heterocycles. The highest BCUT2D eigenvalue weighted by atomic mass is 16.7. The lowest BCUT2D eigenvalue weighted by Crippen LogP contribution is -2.55. The van der Waals surface area contributed by atoms with E-state index in [1.807, 2.05) is 60.7 Å². The van der Waals surface area contributed by atoms with Gasteiger partial charge in [0.1, 0.15) is 12.7 Å². The number of hydrogen-bond donors (Lipinski definition) is 1. The van der Waals surface area contributed by atoms with Gasteiger partial charge >= 0.3 is 5.97 Å². The first kappa shape index (κ1) is 20.5. The van der Waals surface area contributed by atoms with Gasteiger partial charge in [-0.05, 0) is 23.5 Å². The van der Waals surface area contributed by atoms with E-state index >= 15 is 0 Å². The number of rotatable bonds is 9. The number of carbonyl (C=O) groups excluding carboxylic acids is 1. The van der Waals surface area contributed by atoms with Gasteiger partial charge in [0.2, 0.25) is 0 Å². The van der Waals surface area contributed by atoms with Crippen LogP contribution in [0, 0.1) is 11.8 Å². The van der Waals surface area contributed by atoms with Crippen molar-refractivity contribution in [2.45, 2.75) is 45.6 Å². The average molecular weight is 383 g/mol. The number of carbonyl (C=O) groups is 1. The fourth-order valence-electron chi connectivity index (χ4n) is 3.41. The fraction of sp³-hybridized carbons (Fsp3) is 0.435. The third-order valence-corrected chi connectivity index (χ3v) is 4.86. The summed E-state index contributed by atoms with van der Waals surface area (Å²) in [5.41, 5.74) is 5.27. The highest BCUT2D eigenvalue weighted by molar-refractivity contribution is 5.74. The van der Waals surface area contributed by atoms with Crippen molar-refractivity contribution in [3.63, 3.8) is 0 Å². The first-order valence-corrected chi connectivity index (χ1v) is 9.87. The standard InChI is InChI=1S/C23H29NO4/c1-17(2)13-20-22(24-28-15-19-11-7-4-8-12-19)21(16-27-23(20)25)26-14-18-9-5-3-6-10-18/h3-12,17,20-22,24H,13-16H2,1-2H3/t20-,21-,22-/m1/s1. The van der Waals surface area contributed by atoms with Gasteiger partial charge in [-0.2, -0.15) is 5.48 Å². The van der Waals surface area contributed by atoms with Crippen molar-refractivity contribution in [3.8, 4) is 0 Å². The summed E-state index contributed by atoms with van der Waals surface area (Å²) in [6.07, 6.45) is 0.452. The number of esters is 1. The summed E-state index contributed by atoms with van der Waals surface area (Å²) in [5, 5.41) is 0. The minimum Gasteiger partial charge on any atom is -0.463 e. The first-order chi connectivity index (χ1) is 13.6. The van der Waals surface area contributed by atoms with Crippen LogP contribution in [0.5, 0.6) is 0 Å². The monoisotopic (exact) mass is 383 g/mol. The molecule has 1 aliphatic rings. The Morgan fingerprint density at radius 3 is 2.21 bits per heavy atom. The third kappa shape index (κ3) is 5.89. The van der Waals surface area contributed by atoms with E-state index in [2.05, 4.69) is 19.3 Å². The Morgan fingerprint density at radius 1 is 1.00 bits per heavy atom.